The number of phenolic OH excluding ortho intramolecular Hbond substituents is 1. The molecule has 0 fully saturated rings. The molecule has 5 aromatic rings. The summed E-state index contributed by atoms with van der Waals surface area (Å²) in [6, 6.07) is 29.3. The monoisotopic (exact) mass is 483 g/mol. The van der Waals surface area contributed by atoms with Crippen LogP contribution >= 0.6 is 0 Å². The highest BCUT2D eigenvalue weighted by atomic mass is 35.5. The molecule has 1 N–H and O–H groups in total. The topological polar surface area (TPSA) is 65.0 Å². The number of phenols is 1. The Morgan fingerprint density at radius 2 is 1.46 bits per heavy atom. The van der Waals surface area contributed by atoms with E-state index in [-0.39, 0.29) is 18.2 Å². The van der Waals surface area contributed by atoms with E-state index in [1.54, 1.807) is 24.3 Å². The van der Waals surface area contributed by atoms with Crippen LogP contribution in [-0.2, 0) is 0 Å². The van der Waals surface area contributed by atoms with Gasteiger partial charge < -0.3 is 22.4 Å². The minimum absolute atomic E-state index is 0. The number of aromatic nitrogens is 2. The predicted molar refractivity (Wildman–Crippen MR) is 137 cm³/mol. The van der Waals surface area contributed by atoms with Gasteiger partial charge in [0.2, 0.25) is 16.7 Å². The Balaban J connectivity index is 0.00000289. The van der Waals surface area contributed by atoms with Crippen molar-refractivity contribution in [3.05, 3.63) is 91.0 Å². The maximum Gasteiger partial charge on any atom is 0.239 e. The van der Waals surface area contributed by atoms with Crippen LogP contribution < -0.4 is 21.9 Å². The summed E-state index contributed by atoms with van der Waals surface area (Å²) in [6.45, 7) is 6.16. The van der Waals surface area contributed by atoms with Crippen LogP contribution in [0.3, 0.4) is 0 Å². The van der Waals surface area contributed by atoms with Crippen LogP contribution in [0, 0.1) is 0 Å². The average molecular weight is 484 g/mol. The highest BCUT2D eigenvalue weighted by Crippen LogP contribution is 2.29. The molecule has 0 aliphatic carbocycles. The average Bonchev–Trinajstić information content (AvgIpc) is 2.88. The van der Waals surface area contributed by atoms with E-state index in [1.807, 2.05) is 36.4 Å². The van der Waals surface area contributed by atoms with E-state index in [0.29, 0.717) is 5.69 Å². The molecule has 1 heterocycles. The summed E-state index contributed by atoms with van der Waals surface area (Å²) < 4.78 is 2.24. The summed E-state index contributed by atoms with van der Waals surface area (Å²) in [5.41, 5.74) is 7.45. The number of para-hydroxylation sites is 2. The van der Waals surface area contributed by atoms with Crippen molar-refractivity contribution in [1.29, 1.82) is 0 Å². The van der Waals surface area contributed by atoms with Crippen LogP contribution in [0.15, 0.2) is 101 Å². The summed E-state index contributed by atoms with van der Waals surface area (Å²) in [5, 5.41) is 18.2. The molecule has 6 nitrogen and oxygen atoms in total. The highest BCUT2D eigenvalue weighted by Gasteiger charge is 2.22. The first kappa shape index (κ1) is 24.1. The second kappa shape index (κ2) is 10.5. The Bertz CT molecular complexity index is 1480. The van der Waals surface area contributed by atoms with Crippen LogP contribution in [-0.4, -0.2) is 23.2 Å². The second-order valence-electron chi connectivity index (χ2n) is 7.99. The van der Waals surface area contributed by atoms with Crippen molar-refractivity contribution in [2.75, 3.05) is 18.0 Å². The molecule has 7 heteroatoms. The van der Waals surface area contributed by atoms with Crippen molar-refractivity contribution < 1.29 is 22.1 Å². The van der Waals surface area contributed by atoms with E-state index in [9.17, 15) is 5.11 Å². The van der Waals surface area contributed by atoms with Gasteiger partial charge in [0, 0.05) is 37.4 Å². The highest BCUT2D eigenvalue weighted by molar-refractivity contribution is 5.91. The van der Waals surface area contributed by atoms with E-state index in [1.165, 1.54) is 0 Å². The van der Waals surface area contributed by atoms with E-state index in [2.05, 4.69) is 63.9 Å². The minimum Gasteiger partial charge on any atom is -1.00 e. The maximum absolute atomic E-state index is 9.49. The van der Waals surface area contributed by atoms with Gasteiger partial charge in [-0.05, 0) is 56.3 Å². The molecular weight excluding hydrogens is 458 g/mol. The zero-order valence-corrected chi connectivity index (χ0v) is 20.4. The van der Waals surface area contributed by atoms with Crippen LogP contribution in [0.25, 0.3) is 27.8 Å². The van der Waals surface area contributed by atoms with Gasteiger partial charge in [-0.25, -0.2) is 4.98 Å². The number of hydrogen-bond donors (Lipinski definition) is 1. The Morgan fingerprint density at radius 3 is 2.17 bits per heavy atom. The van der Waals surface area contributed by atoms with Gasteiger partial charge in [-0.2, -0.15) is 10.2 Å². The Hall–Kier alpha value is -4.03. The smallest absolute Gasteiger partial charge is 0.239 e. The molecule has 1 aromatic heterocycles. The third-order valence-electron chi connectivity index (χ3n) is 5.92. The molecule has 0 unspecified atom stereocenters. The van der Waals surface area contributed by atoms with Crippen molar-refractivity contribution >= 4 is 39.1 Å². The maximum atomic E-state index is 9.49. The molecule has 0 amide bonds. The standard InChI is InChI=1S/C28H25N5O.ClH/c1-3-32(4-2)25-11-8-12-26-28(25)29-24-18-15-21(31-30-20-13-16-23(34)17-14-20)19-27(24)33(26)22-9-6-5-7-10-22;/h5-19H,3-4H2,1-2H3;1H. The number of azo groups is 1. The number of halogens is 1. The van der Waals surface area contributed by atoms with Crippen LogP contribution in [0.2, 0.25) is 0 Å². The first-order valence-corrected chi connectivity index (χ1v) is 11.5. The summed E-state index contributed by atoms with van der Waals surface area (Å²) in [4.78, 5) is 7.42. The lowest BCUT2D eigenvalue weighted by atomic mass is 10.1. The Morgan fingerprint density at radius 1 is 0.771 bits per heavy atom. The fraction of sp³-hybridized carbons (Fsp3) is 0.143. The molecule has 0 radical (unpaired) electrons. The molecule has 0 atom stereocenters. The van der Waals surface area contributed by atoms with Gasteiger partial charge in [0.1, 0.15) is 11.3 Å². The Kier molecular flexibility index (Phi) is 7.22. The zero-order chi connectivity index (χ0) is 23.5. The number of rotatable bonds is 6. The quantitative estimate of drug-likeness (QED) is 0.228. The first-order chi connectivity index (χ1) is 16.7. The number of fused-ring (bicyclic) bond motifs is 2. The van der Waals surface area contributed by atoms with E-state index in [4.69, 9.17) is 4.98 Å². The zero-order valence-electron chi connectivity index (χ0n) is 19.6. The summed E-state index contributed by atoms with van der Waals surface area (Å²) in [6.07, 6.45) is 0. The van der Waals surface area contributed by atoms with Crippen molar-refractivity contribution in [3.63, 3.8) is 0 Å². The first-order valence-electron chi connectivity index (χ1n) is 11.5. The van der Waals surface area contributed by atoms with Gasteiger partial charge in [-0.1, -0.05) is 24.3 Å². The minimum atomic E-state index is 0. The molecule has 35 heavy (non-hydrogen) atoms. The summed E-state index contributed by atoms with van der Waals surface area (Å²) in [5.74, 6) is 0.204. The fourth-order valence-corrected chi connectivity index (χ4v) is 4.22. The second-order valence-corrected chi connectivity index (χ2v) is 7.99. The lowest BCUT2D eigenvalue weighted by Gasteiger charge is -2.21. The largest absolute Gasteiger partial charge is 1.00 e. The number of aromatic hydroxyl groups is 1. The fourth-order valence-electron chi connectivity index (χ4n) is 4.22. The SMILES string of the molecule is CCN(CC)c1cccc2c1nc1ccc(N=Nc3ccc(O)cc3)cc1[n+]2-c1ccccc1.[Cl-]. The molecular formula is C28H26ClN5O. The molecule has 0 aliphatic heterocycles. The van der Waals surface area contributed by atoms with E-state index < -0.39 is 0 Å². The molecule has 0 bridgehead atoms. The van der Waals surface area contributed by atoms with Crippen molar-refractivity contribution in [3.8, 4) is 11.4 Å². The van der Waals surface area contributed by atoms with Gasteiger partial charge in [0.15, 0.2) is 5.52 Å². The van der Waals surface area contributed by atoms with E-state index in [0.717, 1.165) is 52.2 Å². The van der Waals surface area contributed by atoms with Gasteiger partial charge >= 0.3 is 0 Å². The van der Waals surface area contributed by atoms with Gasteiger partial charge in [-0.3, -0.25) is 0 Å². The molecule has 0 saturated carbocycles. The van der Waals surface area contributed by atoms with Crippen LogP contribution in [0.1, 0.15) is 13.8 Å². The number of nitrogens with zero attached hydrogens (tertiary/aromatic N) is 5. The number of anilines is 1. The van der Waals surface area contributed by atoms with Crippen molar-refractivity contribution in [2.24, 2.45) is 10.2 Å². The summed E-state index contributed by atoms with van der Waals surface area (Å²) >= 11 is 0. The molecule has 5 rings (SSSR count). The Labute approximate surface area is 210 Å². The molecule has 0 aliphatic rings. The van der Waals surface area contributed by atoms with E-state index >= 15 is 0 Å². The molecule has 4 aromatic carbocycles. The van der Waals surface area contributed by atoms with Crippen molar-refractivity contribution in [2.45, 2.75) is 13.8 Å². The lowest BCUT2D eigenvalue weighted by molar-refractivity contribution is -0.538. The third kappa shape index (κ3) is 4.79. The third-order valence-corrected chi connectivity index (χ3v) is 5.92. The normalized spacial score (nSPS) is 11.1. The number of hydrogen-bond acceptors (Lipinski definition) is 5. The molecule has 0 spiro atoms. The van der Waals surface area contributed by atoms with Gasteiger partial charge in [-0.15, -0.1) is 4.57 Å². The van der Waals surface area contributed by atoms with Crippen molar-refractivity contribution in [1.82, 2.24) is 4.98 Å². The van der Waals surface area contributed by atoms with Crippen LogP contribution in [0.5, 0.6) is 5.75 Å². The van der Waals surface area contributed by atoms with Gasteiger partial charge in [0.05, 0.1) is 17.1 Å². The molecule has 0 saturated heterocycles. The predicted octanol–water partition coefficient (Wildman–Crippen LogP) is 3.64. The lowest BCUT2D eigenvalue weighted by Crippen LogP contribution is -3.00. The summed E-state index contributed by atoms with van der Waals surface area (Å²) in [7, 11) is 0. The van der Waals surface area contributed by atoms with Crippen LogP contribution in [0.4, 0.5) is 17.1 Å². The molecule has 176 valence electrons. The van der Waals surface area contributed by atoms with Gasteiger partial charge in [0.25, 0.3) is 0 Å². The number of benzene rings is 4.